The van der Waals surface area contributed by atoms with Crippen molar-refractivity contribution in [1.29, 1.82) is 0 Å². The Morgan fingerprint density at radius 2 is 2.31 bits per heavy atom. The van der Waals surface area contributed by atoms with E-state index in [-0.39, 0.29) is 11.3 Å². The van der Waals surface area contributed by atoms with Crippen molar-refractivity contribution in [3.8, 4) is 0 Å². The summed E-state index contributed by atoms with van der Waals surface area (Å²) >= 11 is 0. The summed E-state index contributed by atoms with van der Waals surface area (Å²) < 4.78 is 4.54. The highest BCUT2D eigenvalue weighted by Crippen LogP contribution is 2.22. The minimum atomic E-state index is -1.20. The maximum atomic E-state index is 10.8. The number of hydrogen-bond donors (Lipinski definition) is 2. The van der Waals surface area contributed by atoms with Crippen molar-refractivity contribution < 1.29 is 19.5 Å². The molecule has 0 saturated heterocycles. The topological polar surface area (TPSA) is 96.5 Å². The maximum Gasteiger partial charge on any atom is 0.341 e. The van der Waals surface area contributed by atoms with Gasteiger partial charge in [0.25, 0.3) is 0 Å². The second kappa shape index (κ2) is 4.11. The molecule has 6 nitrogen and oxygen atoms in total. The molecule has 0 unspecified atom stereocenters. The minimum absolute atomic E-state index is 0.0273. The molecule has 0 aromatic carbocycles. The van der Waals surface area contributed by atoms with Crippen LogP contribution < -0.4 is 0 Å². The van der Waals surface area contributed by atoms with Gasteiger partial charge in [-0.1, -0.05) is 11.2 Å². The Labute approximate surface area is 90.2 Å². The molecule has 2 aromatic rings. The van der Waals surface area contributed by atoms with E-state index in [9.17, 15) is 9.90 Å². The van der Waals surface area contributed by atoms with E-state index in [2.05, 4.69) is 14.7 Å². The van der Waals surface area contributed by atoms with Gasteiger partial charge in [-0.3, -0.25) is 4.98 Å². The highest BCUT2D eigenvalue weighted by atomic mass is 16.5. The van der Waals surface area contributed by atoms with Crippen molar-refractivity contribution in [1.82, 2.24) is 10.1 Å². The monoisotopic (exact) mass is 220 g/mol. The minimum Gasteiger partial charge on any atom is -0.478 e. The first-order valence-corrected chi connectivity index (χ1v) is 4.45. The van der Waals surface area contributed by atoms with Crippen LogP contribution in [0.25, 0.3) is 0 Å². The van der Waals surface area contributed by atoms with Gasteiger partial charge in [-0.15, -0.1) is 0 Å². The molecule has 2 rings (SSSR count). The van der Waals surface area contributed by atoms with E-state index in [1.54, 1.807) is 18.3 Å². The van der Waals surface area contributed by atoms with Gasteiger partial charge in [0.15, 0.2) is 0 Å². The second-order valence-corrected chi connectivity index (χ2v) is 3.11. The highest BCUT2D eigenvalue weighted by Gasteiger charge is 2.22. The van der Waals surface area contributed by atoms with E-state index in [4.69, 9.17) is 5.11 Å². The number of aliphatic hydroxyl groups excluding tert-OH is 1. The van der Waals surface area contributed by atoms with Gasteiger partial charge < -0.3 is 14.7 Å². The zero-order chi connectivity index (χ0) is 11.5. The lowest BCUT2D eigenvalue weighted by molar-refractivity contribution is 0.0691. The van der Waals surface area contributed by atoms with Crippen LogP contribution in [0.2, 0.25) is 0 Å². The summed E-state index contributed by atoms with van der Waals surface area (Å²) in [6.07, 6.45) is 2.82. The summed E-state index contributed by atoms with van der Waals surface area (Å²) in [7, 11) is 0. The highest BCUT2D eigenvalue weighted by molar-refractivity contribution is 5.88. The first-order chi connectivity index (χ1) is 7.70. The Kier molecular flexibility index (Phi) is 2.65. The summed E-state index contributed by atoms with van der Waals surface area (Å²) in [6, 6.07) is 3.26. The van der Waals surface area contributed by atoms with Crippen molar-refractivity contribution in [2.75, 3.05) is 0 Å². The average molecular weight is 220 g/mol. The Balaban J connectivity index is 2.38. The van der Waals surface area contributed by atoms with Crippen LogP contribution in [0.4, 0.5) is 0 Å². The van der Waals surface area contributed by atoms with E-state index in [0.717, 1.165) is 6.26 Å². The molecular weight excluding hydrogens is 212 g/mol. The third-order valence-corrected chi connectivity index (χ3v) is 2.09. The fraction of sp³-hybridized carbons (Fsp3) is 0.100. The van der Waals surface area contributed by atoms with Gasteiger partial charge in [-0.2, -0.15) is 0 Å². The largest absolute Gasteiger partial charge is 0.478 e. The van der Waals surface area contributed by atoms with Crippen LogP contribution in [-0.2, 0) is 0 Å². The summed E-state index contributed by atoms with van der Waals surface area (Å²) in [4.78, 5) is 14.6. The number of carboxylic acid groups (broad SMARTS) is 1. The predicted octanol–water partition coefficient (Wildman–Crippen LogP) is 0.849. The number of pyridine rings is 1. The molecule has 82 valence electrons. The lowest BCUT2D eigenvalue weighted by Gasteiger charge is -2.07. The van der Waals surface area contributed by atoms with E-state index in [1.165, 1.54) is 6.20 Å². The lowest BCUT2D eigenvalue weighted by Crippen LogP contribution is -2.07. The fourth-order valence-electron chi connectivity index (χ4n) is 1.30. The molecule has 0 radical (unpaired) electrons. The third kappa shape index (κ3) is 1.78. The molecule has 0 amide bonds. The molecule has 0 aliphatic rings. The number of hydrogen-bond acceptors (Lipinski definition) is 5. The number of aromatic carboxylic acids is 1. The van der Waals surface area contributed by atoms with Gasteiger partial charge in [0, 0.05) is 18.0 Å². The van der Waals surface area contributed by atoms with Crippen LogP contribution in [0.1, 0.15) is 27.7 Å². The molecule has 0 aliphatic carbocycles. The molecule has 2 N–H and O–H groups in total. The molecule has 0 aliphatic heterocycles. The van der Waals surface area contributed by atoms with Crippen LogP contribution in [-0.4, -0.2) is 26.3 Å². The fourth-order valence-corrected chi connectivity index (χ4v) is 1.30. The smallest absolute Gasteiger partial charge is 0.341 e. The lowest BCUT2D eigenvalue weighted by atomic mass is 10.1. The van der Waals surface area contributed by atoms with Crippen molar-refractivity contribution in [2.45, 2.75) is 6.10 Å². The van der Waals surface area contributed by atoms with Crippen LogP contribution in [0.3, 0.4) is 0 Å². The maximum absolute atomic E-state index is 10.8. The molecule has 2 aromatic heterocycles. The molecule has 0 bridgehead atoms. The average Bonchev–Trinajstić information content (AvgIpc) is 2.78. The molecule has 6 heteroatoms. The van der Waals surface area contributed by atoms with Crippen molar-refractivity contribution in [3.05, 3.63) is 47.6 Å². The van der Waals surface area contributed by atoms with Gasteiger partial charge in [-0.25, -0.2) is 4.79 Å². The van der Waals surface area contributed by atoms with E-state index < -0.39 is 12.1 Å². The van der Waals surface area contributed by atoms with Crippen LogP contribution >= 0.6 is 0 Å². The molecular formula is C10H8N2O4. The number of rotatable bonds is 3. The first-order valence-electron chi connectivity index (χ1n) is 4.45. The number of nitrogens with zero attached hydrogens (tertiary/aromatic N) is 2. The molecule has 1 atom stereocenters. The van der Waals surface area contributed by atoms with E-state index >= 15 is 0 Å². The zero-order valence-corrected chi connectivity index (χ0v) is 8.07. The van der Waals surface area contributed by atoms with Crippen LogP contribution in [0.5, 0.6) is 0 Å². The van der Waals surface area contributed by atoms with Crippen molar-refractivity contribution >= 4 is 5.97 Å². The standard InChI is InChI=1S/C10H8N2O4/c13-9(6-2-1-3-11-4-6)8-7(10(14)15)5-16-12-8/h1-5,9,13H,(H,14,15)/t9-/m0/s1. The first kappa shape index (κ1) is 10.3. The molecule has 0 spiro atoms. The normalized spacial score (nSPS) is 12.3. The SMILES string of the molecule is O=C(O)c1conc1[C@@H](O)c1cccnc1. The number of carbonyl (C=O) groups is 1. The van der Waals surface area contributed by atoms with Crippen molar-refractivity contribution in [3.63, 3.8) is 0 Å². The quantitative estimate of drug-likeness (QED) is 0.795. The Hall–Kier alpha value is -2.21. The van der Waals surface area contributed by atoms with Gasteiger partial charge in [0.1, 0.15) is 23.6 Å². The Morgan fingerprint density at radius 3 is 2.94 bits per heavy atom. The molecule has 0 saturated carbocycles. The Bertz CT molecular complexity index is 495. The zero-order valence-electron chi connectivity index (χ0n) is 8.07. The predicted molar refractivity (Wildman–Crippen MR) is 51.8 cm³/mol. The summed E-state index contributed by atoms with van der Waals surface area (Å²) in [5.41, 5.74) is 0.274. The van der Waals surface area contributed by atoms with Gasteiger partial charge in [0.05, 0.1) is 0 Å². The molecule has 0 fully saturated rings. The van der Waals surface area contributed by atoms with Gasteiger partial charge in [-0.05, 0) is 6.07 Å². The van der Waals surface area contributed by atoms with E-state index in [0.29, 0.717) is 5.56 Å². The van der Waals surface area contributed by atoms with Crippen LogP contribution in [0, 0.1) is 0 Å². The summed E-state index contributed by atoms with van der Waals surface area (Å²) in [5, 5.41) is 22.2. The molecule has 2 heterocycles. The van der Waals surface area contributed by atoms with Crippen LogP contribution in [0.15, 0.2) is 35.3 Å². The van der Waals surface area contributed by atoms with Gasteiger partial charge in [0.2, 0.25) is 0 Å². The van der Waals surface area contributed by atoms with Gasteiger partial charge >= 0.3 is 5.97 Å². The Morgan fingerprint density at radius 1 is 1.50 bits per heavy atom. The summed E-state index contributed by atoms with van der Waals surface area (Å²) in [5.74, 6) is -1.20. The molecule has 16 heavy (non-hydrogen) atoms. The third-order valence-electron chi connectivity index (χ3n) is 2.09. The number of aliphatic hydroxyl groups is 1. The number of aromatic nitrogens is 2. The van der Waals surface area contributed by atoms with Crippen molar-refractivity contribution in [2.24, 2.45) is 0 Å². The van der Waals surface area contributed by atoms with E-state index in [1.807, 2.05) is 0 Å². The second-order valence-electron chi connectivity index (χ2n) is 3.11. The summed E-state index contributed by atoms with van der Waals surface area (Å²) in [6.45, 7) is 0. The number of carboxylic acids is 1.